The number of hydrogen-bond donors (Lipinski definition) is 7. The van der Waals surface area contributed by atoms with Gasteiger partial charge in [-0.05, 0) is 111 Å². The third-order valence-corrected chi connectivity index (χ3v) is 17.0. The second-order valence-electron chi connectivity index (χ2n) is 20.0. The Morgan fingerprint density at radius 3 is 2.21 bits per heavy atom. The molecule has 3 unspecified atom stereocenters. The van der Waals surface area contributed by atoms with E-state index in [9.17, 15) is 40.5 Å². The van der Waals surface area contributed by atoms with E-state index >= 15 is 0 Å². The maximum Gasteiger partial charge on any atom is 0.310 e. The Kier molecular flexibility index (Phi) is 10.2. The Morgan fingerprint density at radius 2 is 1.53 bits per heavy atom. The first-order valence-electron chi connectivity index (χ1n) is 20.2. The van der Waals surface area contributed by atoms with Crippen LogP contribution in [0.2, 0.25) is 0 Å². The number of aliphatic hydroxyl groups excluding tert-OH is 6. The molecule has 7 N–H and O–H groups in total. The molecule has 0 amide bonds. The van der Waals surface area contributed by atoms with E-state index in [0.717, 1.165) is 51.4 Å². The van der Waals surface area contributed by atoms with Crippen molar-refractivity contribution >= 4 is 5.97 Å². The number of ether oxygens (including phenoxy) is 4. The smallest absolute Gasteiger partial charge is 0.310 e. The van der Waals surface area contributed by atoms with Crippen molar-refractivity contribution in [1.29, 1.82) is 0 Å². The van der Waals surface area contributed by atoms with E-state index < -0.39 is 78.2 Å². The molecule has 4 saturated carbocycles. The summed E-state index contributed by atoms with van der Waals surface area (Å²) in [4.78, 5) is 13.0. The van der Waals surface area contributed by atoms with Crippen molar-refractivity contribution in [3.05, 3.63) is 11.6 Å². The second kappa shape index (κ2) is 13.5. The zero-order valence-electron chi connectivity index (χ0n) is 32.7. The molecular formula is C41H66O12. The van der Waals surface area contributed by atoms with Crippen molar-refractivity contribution < 1.29 is 59.5 Å². The van der Waals surface area contributed by atoms with E-state index in [4.69, 9.17) is 18.9 Å². The SMILES string of the molecule is CC1O[C@@H](OC2[C@H](O[C@H]3CC[C@@]4(C)[C@@H](CC[C@]5(C)[C@@H]4CC=C4[C@@H]6CC(C)(C)CC[C@]6(C(=O)O)CC[C@]45C)[C@]3(C)CO)OC[C@H](O)[C@@H]2O)C(O)[C@@H](O)[C@H]1O. The van der Waals surface area contributed by atoms with Gasteiger partial charge in [0.15, 0.2) is 12.6 Å². The first kappa shape index (κ1) is 40.0. The fourth-order valence-electron chi connectivity index (χ4n) is 13.3. The average Bonchev–Trinajstić information content (AvgIpc) is 3.10. The van der Waals surface area contributed by atoms with E-state index in [1.54, 1.807) is 0 Å². The number of aliphatic hydroxyl groups is 6. The molecule has 0 aromatic carbocycles. The molecule has 0 aromatic heterocycles. The maximum absolute atomic E-state index is 13.0. The van der Waals surface area contributed by atoms with Crippen LogP contribution in [0.25, 0.3) is 0 Å². The van der Waals surface area contributed by atoms with Crippen LogP contribution in [0.3, 0.4) is 0 Å². The highest BCUT2D eigenvalue weighted by Crippen LogP contribution is 2.76. The van der Waals surface area contributed by atoms with Crippen LogP contribution in [0.15, 0.2) is 11.6 Å². The van der Waals surface area contributed by atoms with E-state index in [2.05, 4.69) is 47.6 Å². The molecule has 6 fully saturated rings. The number of fused-ring (bicyclic) bond motifs is 7. The minimum atomic E-state index is -1.62. The van der Waals surface area contributed by atoms with Gasteiger partial charge in [-0.15, -0.1) is 0 Å². The third kappa shape index (κ3) is 5.85. The summed E-state index contributed by atoms with van der Waals surface area (Å²) in [5.74, 6) is -0.194. The van der Waals surface area contributed by atoms with Gasteiger partial charge in [0, 0.05) is 5.41 Å². The number of carbonyl (C=O) groups is 1. The summed E-state index contributed by atoms with van der Waals surface area (Å²) in [5, 5.41) is 74.9. The zero-order valence-corrected chi connectivity index (χ0v) is 32.7. The molecule has 53 heavy (non-hydrogen) atoms. The van der Waals surface area contributed by atoms with Gasteiger partial charge in [-0.1, -0.05) is 53.2 Å². The lowest BCUT2D eigenvalue weighted by molar-refractivity contribution is -0.365. The second-order valence-corrected chi connectivity index (χ2v) is 20.0. The Bertz CT molecular complexity index is 1440. The fourth-order valence-corrected chi connectivity index (χ4v) is 13.3. The van der Waals surface area contributed by atoms with Crippen LogP contribution in [-0.2, 0) is 23.7 Å². The van der Waals surface area contributed by atoms with Crippen LogP contribution >= 0.6 is 0 Å². The van der Waals surface area contributed by atoms with Crippen molar-refractivity contribution in [2.75, 3.05) is 13.2 Å². The molecule has 0 aromatic rings. The van der Waals surface area contributed by atoms with Crippen LogP contribution in [0.5, 0.6) is 0 Å². The van der Waals surface area contributed by atoms with Crippen LogP contribution in [0, 0.1) is 50.2 Å². The van der Waals surface area contributed by atoms with Crippen LogP contribution in [0.1, 0.15) is 113 Å². The zero-order chi connectivity index (χ0) is 38.7. The first-order chi connectivity index (χ1) is 24.7. The molecule has 0 radical (unpaired) electrons. The molecule has 0 spiro atoms. The molecular weight excluding hydrogens is 684 g/mol. The largest absolute Gasteiger partial charge is 0.481 e. The third-order valence-electron chi connectivity index (χ3n) is 17.0. The lowest BCUT2D eigenvalue weighted by Crippen LogP contribution is -2.67. The summed E-state index contributed by atoms with van der Waals surface area (Å²) in [6, 6.07) is 0. The molecule has 302 valence electrons. The molecule has 5 aliphatic carbocycles. The lowest BCUT2D eigenvalue weighted by atomic mass is 9.33. The number of carboxylic acids is 1. The standard InChI is InChI=1S/C41H66O12/c1-21-28(44)30(46)31(47)33(51-21)53-32-29(45)24(43)19-50-34(32)52-27-11-12-37(4)25(38(27,5)20-42)10-13-40(7)26(37)9-8-22-23-18-36(2,3)14-16-41(23,35(48)49)17-15-39(22,40)6/h8,21,23-34,42-47H,9-20H2,1-7H3,(H,48,49)/t21?,23-,24-,25+,26+,27-,28-,29-,30-,31?,32?,33-,34-,37-,38-,39+,40+,41-/m0/s1. The van der Waals surface area contributed by atoms with Crippen molar-refractivity contribution in [3.8, 4) is 0 Å². The highest BCUT2D eigenvalue weighted by atomic mass is 16.8. The van der Waals surface area contributed by atoms with Crippen molar-refractivity contribution in [3.63, 3.8) is 0 Å². The molecule has 2 heterocycles. The number of rotatable bonds is 6. The fraction of sp³-hybridized carbons (Fsp3) is 0.927. The summed E-state index contributed by atoms with van der Waals surface area (Å²) < 4.78 is 24.3. The van der Waals surface area contributed by atoms with Gasteiger partial charge < -0.3 is 54.7 Å². The lowest BCUT2D eigenvalue weighted by Gasteiger charge is -2.71. The van der Waals surface area contributed by atoms with Gasteiger partial charge in [0.05, 0.1) is 30.8 Å². The van der Waals surface area contributed by atoms with Crippen molar-refractivity contribution in [2.45, 2.75) is 174 Å². The first-order valence-corrected chi connectivity index (χ1v) is 20.2. The average molecular weight is 751 g/mol. The minimum absolute atomic E-state index is 0.0360. The summed E-state index contributed by atoms with van der Waals surface area (Å²) in [5.41, 5.74) is -0.239. The van der Waals surface area contributed by atoms with Crippen LogP contribution in [0.4, 0.5) is 0 Å². The highest BCUT2D eigenvalue weighted by molar-refractivity contribution is 5.76. The van der Waals surface area contributed by atoms with Gasteiger partial charge in [0.2, 0.25) is 0 Å². The maximum atomic E-state index is 13.0. The van der Waals surface area contributed by atoms with Gasteiger partial charge in [-0.3, -0.25) is 4.79 Å². The molecule has 18 atom stereocenters. The molecule has 12 heteroatoms. The Hall–Kier alpha value is -1.19. The normalized spacial score (nSPS) is 55.1. The minimum Gasteiger partial charge on any atom is -0.481 e. The summed E-state index contributed by atoms with van der Waals surface area (Å²) >= 11 is 0. The number of carboxylic acid groups (broad SMARTS) is 1. The highest BCUT2D eigenvalue weighted by Gasteiger charge is 2.70. The Balaban J connectivity index is 1.15. The van der Waals surface area contributed by atoms with Gasteiger partial charge in [-0.2, -0.15) is 0 Å². The topological polar surface area (TPSA) is 196 Å². The van der Waals surface area contributed by atoms with Crippen LogP contribution < -0.4 is 0 Å². The Labute approximate surface area is 314 Å². The van der Waals surface area contributed by atoms with Crippen LogP contribution in [-0.4, -0.2) is 116 Å². The number of allylic oxidation sites excluding steroid dienone is 2. The molecule has 7 rings (SSSR count). The van der Waals surface area contributed by atoms with Crippen molar-refractivity contribution in [1.82, 2.24) is 0 Å². The summed E-state index contributed by atoms with van der Waals surface area (Å²) in [6.45, 7) is 15.1. The predicted molar refractivity (Wildman–Crippen MR) is 192 cm³/mol. The quantitative estimate of drug-likeness (QED) is 0.155. The molecule has 2 aliphatic heterocycles. The monoisotopic (exact) mass is 750 g/mol. The number of aliphatic carboxylic acids is 1. The van der Waals surface area contributed by atoms with E-state index in [1.165, 1.54) is 12.5 Å². The van der Waals surface area contributed by atoms with E-state index in [0.29, 0.717) is 18.8 Å². The van der Waals surface area contributed by atoms with Gasteiger partial charge in [0.1, 0.15) is 36.6 Å². The molecule has 2 saturated heterocycles. The Morgan fingerprint density at radius 1 is 0.830 bits per heavy atom. The number of hydrogen-bond acceptors (Lipinski definition) is 11. The predicted octanol–water partition coefficient (Wildman–Crippen LogP) is 3.52. The van der Waals surface area contributed by atoms with Gasteiger partial charge in [0.25, 0.3) is 0 Å². The van der Waals surface area contributed by atoms with E-state index in [-0.39, 0.29) is 46.7 Å². The molecule has 0 bridgehead atoms. The summed E-state index contributed by atoms with van der Waals surface area (Å²) in [7, 11) is 0. The van der Waals surface area contributed by atoms with Crippen molar-refractivity contribution in [2.24, 2.45) is 50.2 Å². The molecule has 7 aliphatic rings. The van der Waals surface area contributed by atoms with Gasteiger partial charge >= 0.3 is 5.97 Å². The van der Waals surface area contributed by atoms with E-state index in [1.807, 2.05) is 0 Å². The van der Waals surface area contributed by atoms with Gasteiger partial charge in [-0.25, -0.2) is 0 Å². The molecule has 12 nitrogen and oxygen atoms in total. The summed E-state index contributed by atoms with van der Waals surface area (Å²) in [6.07, 6.45) is -1.79.